The minimum Gasteiger partial charge on any atom is -0.0648 e. The highest BCUT2D eigenvalue weighted by Crippen LogP contribution is 2.27. The molecule has 1 aliphatic rings. The van der Waals surface area contributed by atoms with Crippen molar-refractivity contribution in [3.63, 3.8) is 0 Å². The Kier molecular flexibility index (Phi) is 4.65. The summed E-state index contributed by atoms with van der Waals surface area (Å²) in [6.45, 7) is 4.58. The Balaban J connectivity index is 1.93. The highest BCUT2D eigenvalue weighted by molar-refractivity contribution is 5.25. The van der Waals surface area contributed by atoms with E-state index in [-0.39, 0.29) is 0 Å². The van der Waals surface area contributed by atoms with Gasteiger partial charge in [0.15, 0.2) is 0 Å². The standard InChI is InChI=1S/C17H26/c1-3-14(2)17-11-9-16(10-12-17)13-15-7-5-4-6-8-15/h9-12,14-15H,3-8,13H2,1-2H3. The molecule has 0 heteroatoms. The van der Waals surface area contributed by atoms with Gasteiger partial charge in [-0.05, 0) is 35.8 Å². The van der Waals surface area contributed by atoms with E-state index < -0.39 is 0 Å². The molecule has 0 aromatic heterocycles. The molecule has 94 valence electrons. The van der Waals surface area contributed by atoms with Crippen LogP contribution in [0.1, 0.15) is 69.4 Å². The molecule has 1 saturated carbocycles. The summed E-state index contributed by atoms with van der Waals surface area (Å²) in [6, 6.07) is 9.39. The molecule has 1 fully saturated rings. The van der Waals surface area contributed by atoms with Crippen LogP contribution in [0, 0.1) is 5.92 Å². The van der Waals surface area contributed by atoms with Crippen molar-refractivity contribution in [3.8, 4) is 0 Å². The first-order valence-corrected chi connectivity index (χ1v) is 7.38. The van der Waals surface area contributed by atoms with Gasteiger partial charge >= 0.3 is 0 Å². The molecule has 0 saturated heterocycles. The lowest BCUT2D eigenvalue weighted by molar-refractivity contribution is 0.356. The molecule has 17 heavy (non-hydrogen) atoms. The van der Waals surface area contributed by atoms with E-state index in [1.807, 2.05) is 0 Å². The molecule has 1 unspecified atom stereocenters. The summed E-state index contributed by atoms with van der Waals surface area (Å²) in [7, 11) is 0. The van der Waals surface area contributed by atoms with Crippen LogP contribution in [-0.2, 0) is 6.42 Å². The first kappa shape index (κ1) is 12.7. The fourth-order valence-electron chi connectivity index (χ4n) is 2.94. The van der Waals surface area contributed by atoms with Gasteiger partial charge in [-0.2, -0.15) is 0 Å². The summed E-state index contributed by atoms with van der Waals surface area (Å²) in [5.74, 6) is 1.66. The Bertz CT molecular complexity index is 316. The molecule has 0 bridgehead atoms. The van der Waals surface area contributed by atoms with Gasteiger partial charge in [0.25, 0.3) is 0 Å². The number of benzene rings is 1. The molecule has 1 aliphatic carbocycles. The van der Waals surface area contributed by atoms with Crippen molar-refractivity contribution in [3.05, 3.63) is 35.4 Å². The minimum atomic E-state index is 0.707. The van der Waals surface area contributed by atoms with Gasteiger partial charge in [0.2, 0.25) is 0 Å². The van der Waals surface area contributed by atoms with Crippen molar-refractivity contribution < 1.29 is 0 Å². The quantitative estimate of drug-likeness (QED) is 0.656. The molecule has 1 aromatic carbocycles. The summed E-state index contributed by atoms with van der Waals surface area (Å²) < 4.78 is 0. The van der Waals surface area contributed by atoms with E-state index >= 15 is 0 Å². The van der Waals surface area contributed by atoms with E-state index in [9.17, 15) is 0 Å². The van der Waals surface area contributed by atoms with Gasteiger partial charge in [-0.25, -0.2) is 0 Å². The maximum atomic E-state index is 2.36. The van der Waals surface area contributed by atoms with E-state index in [2.05, 4.69) is 38.1 Å². The van der Waals surface area contributed by atoms with Crippen molar-refractivity contribution in [2.45, 2.75) is 64.7 Å². The molecule has 1 atom stereocenters. The molecule has 0 amide bonds. The molecule has 1 aromatic rings. The Morgan fingerprint density at radius 1 is 1.06 bits per heavy atom. The van der Waals surface area contributed by atoms with Gasteiger partial charge < -0.3 is 0 Å². The molecule has 0 heterocycles. The van der Waals surface area contributed by atoms with E-state index in [1.54, 1.807) is 5.56 Å². The van der Waals surface area contributed by atoms with E-state index in [4.69, 9.17) is 0 Å². The van der Waals surface area contributed by atoms with Crippen LogP contribution in [0.15, 0.2) is 24.3 Å². The fraction of sp³-hybridized carbons (Fsp3) is 0.647. The van der Waals surface area contributed by atoms with Crippen molar-refractivity contribution in [2.24, 2.45) is 5.92 Å². The highest BCUT2D eigenvalue weighted by Gasteiger charge is 2.13. The highest BCUT2D eigenvalue weighted by atomic mass is 14.2. The Hall–Kier alpha value is -0.780. The third-order valence-electron chi connectivity index (χ3n) is 4.41. The smallest absolute Gasteiger partial charge is 0.0193 e. The Labute approximate surface area is 106 Å². The second-order valence-electron chi connectivity index (χ2n) is 5.76. The molecule has 2 rings (SSSR count). The van der Waals surface area contributed by atoms with Crippen LogP contribution in [0.3, 0.4) is 0 Å². The number of hydrogen-bond donors (Lipinski definition) is 0. The van der Waals surface area contributed by atoms with Crippen LogP contribution in [0.2, 0.25) is 0 Å². The van der Waals surface area contributed by atoms with Crippen LogP contribution in [0.5, 0.6) is 0 Å². The van der Waals surface area contributed by atoms with Crippen molar-refractivity contribution >= 4 is 0 Å². The van der Waals surface area contributed by atoms with Crippen molar-refractivity contribution in [2.75, 3.05) is 0 Å². The summed E-state index contributed by atoms with van der Waals surface area (Å²) in [5, 5.41) is 0. The summed E-state index contributed by atoms with van der Waals surface area (Å²) in [4.78, 5) is 0. The summed E-state index contributed by atoms with van der Waals surface area (Å²) in [5.41, 5.74) is 3.05. The lowest BCUT2D eigenvalue weighted by atomic mass is 9.84. The summed E-state index contributed by atoms with van der Waals surface area (Å²) in [6.07, 6.45) is 9.82. The maximum absolute atomic E-state index is 2.36. The average molecular weight is 230 g/mol. The average Bonchev–Trinajstić information content (AvgIpc) is 2.40. The monoisotopic (exact) mass is 230 g/mol. The Morgan fingerprint density at radius 3 is 2.29 bits per heavy atom. The second-order valence-corrected chi connectivity index (χ2v) is 5.76. The lowest BCUT2D eigenvalue weighted by Crippen LogP contribution is -2.09. The third-order valence-corrected chi connectivity index (χ3v) is 4.41. The first-order valence-electron chi connectivity index (χ1n) is 7.38. The SMILES string of the molecule is CCC(C)c1ccc(CC2CCCCC2)cc1. The Morgan fingerprint density at radius 2 is 1.71 bits per heavy atom. The van der Waals surface area contributed by atoms with E-state index in [1.165, 1.54) is 50.5 Å². The van der Waals surface area contributed by atoms with E-state index in [0.717, 1.165) is 5.92 Å². The fourth-order valence-corrected chi connectivity index (χ4v) is 2.94. The summed E-state index contributed by atoms with van der Waals surface area (Å²) >= 11 is 0. The predicted molar refractivity (Wildman–Crippen MR) is 75.4 cm³/mol. The molecule has 0 radical (unpaired) electrons. The van der Waals surface area contributed by atoms with Crippen molar-refractivity contribution in [1.29, 1.82) is 0 Å². The zero-order valence-corrected chi connectivity index (χ0v) is 11.4. The predicted octanol–water partition coefficient (Wildman–Crippen LogP) is 5.32. The molecular weight excluding hydrogens is 204 g/mol. The molecule has 0 aliphatic heterocycles. The van der Waals surface area contributed by atoms with Gasteiger partial charge in [0, 0.05) is 0 Å². The van der Waals surface area contributed by atoms with Gasteiger partial charge in [0.05, 0.1) is 0 Å². The zero-order chi connectivity index (χ0) is 12.1. The zero-order valence-electron chi connectivity index (χ0n) is 11.4. The normalized spacial score (nSPS) is 19.2. The van der Waals surface area contributed by atoms with Crippen molar-refractivity contribution in [1.82, 2.24) is 0 Å². The van der Waals surface area contributed by atoms with Gasteiger partial charge in [-0.15, -0.1) is 0 Å². The number of hydrogen-bond acceptors (Lipinski definition) is 0. The molecule has 0 N–H and O–H groups in total. The van der Waals surface area contributed by atoms with Gasteiger partial charge in [-0.3, -0.25) is 0 Å². The minimum absolute atomic E-state index is 0.707. The topological polar surface area (TPSA) is 0 Å². The first-order chi connectivity index (χ1) is 8.29. The van der Waals surface area contributed by atoms with E-state index in [0.29, 0.717) is 5.92 Å². The second kappa shape index (κ2) is 6.23. The largest absolute Gasteiger partial charge is 0.0648 e. The lowest BCUT2D eigenvalue weighted by Gasteiger charge is -2.21. The van der Waals surface area contributed by atoms with Crippen LogP contribution in [0.25, 0.3) is 0 Å². The molecule has 0 spiro atoms. The molecular formula is C17H26. The maximum Gasteiger partial charge on any atom is -0.0193 e. The van der Waals surface area contributed by atoms with Crippen LogP contribution >= 0.6 is 0 Å². The molecule has 0 nitrogen and oxygen atoms in total. The third kappa shape index (κ3) is 3.59. The van der Waals surface area contributed by atoms with Crippen LogP contribution in [-0.4, -0.2) is 0 Å². The number of rotatable bonds is 4. The van der Waals surface area contributed by atoms with Gasteiger partial charge in [0.1, 0.15) is 0 Å². The van der Waals surface area contributed by atoms with Crippen LogP contribution in [0.4, 0.5) is 0 Å². The van der Waals surface area contributed by atoms with Gasteiger partial charge in [-0.1, -0.05) is 70.2 Å². The van der Waals surface area contributed by atoms with Crippen LogP contribution < -0.4 is 0 Å².